The number of anilines is 2. The Bertz CT molecular complexity index is 1110. The SMILES string of the molecule is COc1ccccc1N1CCN(C(=O)CCc2csc(NC(=O)c3ccc(F)cc3)n2)CC1. The topological polar surface area (TPSA) is 74.8 Å². The molecule has 1 fully saturated rings. The number of amides is 2. The number of rotatable bonds is 7. The van der Waals surface area contributed by atoms with Crippen LogP contribution in [0.3, 0.4) is 0 Å². The van der Waals surface area contributed by atoms with Crippen LogP contribution in [-0.4, -0.2) is 55.0 Å². The number of aromatic nitrogens is 1. The average molecular weight is 469 g/mol. The number of aryl methyl sites for hydroxylation is 1. The Morgan fingerprint density at radius 1 is 1.09 bits per heavy atom. The van der Waals surface area contributed by atoms with Gasteiger partial charge in [-0.2, -0.15) is 0 Å². The van der Waals surface area contributed by atoms with Gasteiger partial charge in [0.25, 0.3) is 5.91 Å². The van der Waals surface area contributed by atoms with Gasteiger partial charge in [0, 0.05) is 43.5 Å². The number of piperazine rings is 1. The maximum Gasteiger partial charge on any atom is 0.257 e. The summed E-state index contributed by atoms with van der Waals surface area (Å²) in [5.41, 5.74) is 2.16. The average Bonchev–Trinajstić information content (AvgIpc) is 3.30. The molecule has 0 radical (unpaired) electrons. The van der Waals surface area contributed by atoms with Gasteiger partial charge >= 0.3 is 0 Å². The van der Waals surface area contributed by atoms with E-state index in [2.05, 4.69) is 15.2 Å². The molecule has 9 heteroatoms. The second-order valence-corrected chi connectivity index (χ2v) is 8.50. The van der Waals surface area contributed by atoms with Crippen molar-refractivity contribution < 1.29 is 18.7 Å². The normalized spacial score (nSPS) is 13.6. The Morgan fingerprint density at radius 3 is 2.55 bits per heavy atom. The summed E-state index contributed by atoms with van der Waals surface area (Å²) < 4.78 is 18.5. The van der Waals surface area contributed by atoms with E-state index in [1.165, 1.54) is 35.6 Å². The second kappa shape index (κ2) is 10.4. The van der Waals surface area contributed by atoms with Gasteiger partial charge in [-0.05, 0) is 42.8 Å². The minimum atomic E-state index is -0.394. The van der Waals surface area contributed by atoms with Crippen molar-refractivity contribution in [3.8, 4) is 5.75 Å². The van der Waals surface area contributed by atoms with Crippen molar-refractivity contribution in [2.24, 2.45) is 0 Å². The highest BCUT2D eigenvalue weighted by molar-refractivity contribution is 7.14. The quantitative estimate of drug-likeness (QED) is 0.571. The fourth-order valence-electron chi connectivity index (χ4n) is 3.73. The maximum atomic E-state index is 13.0. The number of hydrogen-bond donors (Lipinski definition) is 1. The summed E-state index contributed by atoms with van der Waals surface area (Å²) in [6.45, 7) is 2.82. The number of para-hydroxylation sites is 2. The molecule has 0 spiro atoms. The lowest BCUT2D eigenvalue weighted by Crippen LogP contribution is -2.48. The number of carbonyl (C=O) groups is 2. The monoisotopic (exact) mass is 468 g/mol. The molecule has 1 aliphatic rings. The third kappa shape index (κ3) is 5.67. The van der Waals surface area contributed by atoms with Crippen LogP contribution in [0.15, 0.2) is 53.9 Å². The number of hydrogen-bond acceptors (Lipinski definition) is 6. The van der Waals surface area contributed by atoms with Gasteiger partial charge in [-0.25, -0.2) is 9.37 Å². The molecule has 3 aromatic rings. The fraction of sp³-hybridized carbons (Fsp3) is 0.292. The number of thiazole rings is 1. The molecule has 2 aromatic carbocycles. The van der Waals surface area contributed by atoms with Crippen molar-refractivity contribution in [3.63, 3.8) is 0 Å². The van der Waals surface area contributed by atoms with Gasteiger partial charge in [0.05, 0.1) is 18.5 Å². The van der Waals surface area contributed by atoms with Gasteiger partial charge in [0.1, 0.15) is 11.6 Å². The predicted molar refractivity (Wildman–Crippen MR) is 127 cm³/mol. The Kier molecular flexibility index (Phi) is 7.19. The molecule has 7 nitrogen and oxygen atoms in total. The highest BCUT2D eigenvalue weighted by atomic mass is 32.1. The van der Waals surface area contributed by atoms with E-state index < -0.39 is 5.82 Å². The molecule has 0 atom stereocenters. The predicted octanol–water partition coefficient (Wildman–Crippen LogP) is 3.82. The number of halogens is 1. The number of nitrogens with zero attached hydrogens (tertiary/aromatic N) is 3. The first-order valence-electron chi connectivity index (χ1n) is 10.7. The van der Waals surface area contributed by atoms with E-state index in [1.807, 2.05) is 34.5 Å². The summed E-state index contributed by atoms with van der Waals surface area (Å²) in [4.78, 5) is 33.5. The van der Waals surface area contributed by atoms with Gasteiger partial charge in [0.15, 0.2) is 5.13 Å². The van der Waals surface area contributed by atoms with Crippen molar-refractivity contribution in [2.45, 2.75) is 12.8 Å². The molecular weight excluding hydrogens is 443 g/mol. The first kappa shape index (κ1) is 22.7. The number of ether oxygens (including phenoxy) is 1. The van der Waals surface area contributed by atoms with Crippen LogP contribution in [0.1, 0.15) is 22.5 Å². The number of carbonyl (C=O) groups excluding carboxylic acids is 2. The molecule has 1 saturated heterocycles. The van der Waals surface area contributed by atoms with Crippen LogP contribution in [0, 0.1) is 5.82 Å². The molecule has 0 bridgehead atoms. The Labute approximate surface area is 195 Å². The molecular formula is C24H25FN4O3S. The fourth-order valence-corrected chi connectivity index (χ4v) is 4.47. The first-order valence-corrected chi connectivity index (χ1v) is 11.6. The lowest BCUT2D eigenvalue weighted by atomic mass is 10.2. The molecule has 0 unspecified atom stereocenters. The van der Waals surface area contributed by atoms with E-state index in [9.17, 15) is 14.0 Å². The molecule has 1 aliphatic heterocycles. The standard InChI is InChI=1S/C24H25FN4O3S/c1-32-21-5-3-2-4-20(21)28-12-14-29(15-13-28)22(30)11-10-19-16-33-24(26-19)27-23(31)17-6-8-18(25)9-7-17/h2-9,16H,10-15H2,1H3,(H,26,27,31). The van der Waals surface area contributed by atoms with Crippen LogP contribution in [-0.2, 0) is 11.2 Å². The van der Waals surface area contributed by atoms with Crippen molar-refractivity contribution >= 4 is 34.0 Å². The van der Waals surface area contributed by atoms with Crippen molar-refractivity contribution in [1.29, 1.82) is 0 Å². The van der Waals surface area contributed by atoms with Crippen LogP contribution in [0.2, 0.25) is 0 Å². The van der Waals surface area contributed by atoms with E-state index >= 15 is 0 Å². The van der Waals surface area contributed by atoms with E-state index in [0.29, 0.717) is 36.6 Å². The zero-order valence-corrected chi connectivity index (χ0v) is 19.1. The summed E-state index contributed by atoms with van der Waals surface area (Å²) in [5, 5.41) is 5.01. The molecule has 2 heterocycles. The summed E-state index contributed by atoms with van der Waals surface area (Å²) >= 11 is 1.30. The molecule has 0 saturated carbocycles. The second-order valence-electron chi connectivity index (χ2n) is 7.64. The number of nitrogens with one attached hydrogen (secondary N) is 1. The molecule has 2 amide bonds. The lowest BCUT2D eigenvalue weighted by Gasteiger charge is -2.36. The molecule has 0 aliphatic carbocycles. The van der Waals surface area contributed by atoms with Crippen LogP contribution >= 0.6 is 11.3 Å². The number of methoxy groups -OCH3 is 1. The van der Waals surface area contributed by atoms with Crippen LogP contribution in [0.4, 0.5) is 15.2 Å². The maximum absolute atomic E-state index is 13.0. The molecule has 172 valence electrons. The largest absolute Gasteiger partial charge is 0.495 e. The van der Waals surface area contributed by atoms with Crippen molar-refractivity contribution in [2.75, 3.05) is 43.5 Å². The van der Waals surface area contributed by atoms with E-state index in [1.54, 1.807) is 7.11 Å². The summed E-state index contributed by atoms with van der Waals surface area (Å²) in [5.74, 6) is 0.191. The summed E-state index contributed by atoms with van der Waals surface area (Å²) in [7, 11) is 1.66. The van der Waals surface area contributed by atoms with Crippen molar-refractivity contribution in [3.05, 3.63) is 71.0 Å². The molecule has 33 heavy (non-hydrogen) atoms. The zero-order chi connectivity index (χ0) is 23.2. The van der Waals surface area contributed by atoms with Gasteiger partial charge < -0.3 is 14.5 Å². The summed E-state index contributed by atoms with van der Waals surface area (Å²) in [6.07, 6.45) is 0.873. The Hall–Kier alpha value is -3.46. The number of benzene rings is 2. The van der Waals surface area contributed by atoms with Gasteiger partial charge in [-0.15, -0.1) is 11.3 Å². The van der Waals surface area contributed by atoms with Gasteiger partial charge in [-0.1, -0.05) is 12.1 Å². The van der Waals surface area contributed by atoms with E-state index in [-0.39, 0.29) is 11.8 Å². The zero-order valence-electron chi connectivity index (χ0n) is 18.3. The molecule has 4 rings (SSSR count). The Morgan fingerprint density at radius 2 is 1.82 bits per heavy atom. The van der Waals surface area contributed by atoms with Gasteiger partial charge in [0.2, 0.25) is 5.91 Å². The van der Waals surface area contributed by atoms with Crippen LogP contribution in [0.25, 0.3) is 0 Å². The highest BCUT2D eigenvalue weighted by Crippen LogP contribution is 2.28. The summed E-state index contributed by atoms with van der Waals surface area (Å²) in [6, 6.07) is 13.2. The molecule has 1 aromatic heterocycles. The van der Waals surface area contributed by atoms with E-state index in [4.69, 9.17) is 4.74 Å². The van der Waals surface area contributed by atoms with Crippen molar-refractivity contribution in [1.82, 2.24) is 9.88 Å². The lowest BCUT2D eigenvalue weighted by molar-refractivity contribution is -0.131. The van der Waals surface area contributed by atoms with Gasteiger partial charge in [-0.3, -0.25) is 14.9 Å². The minimum Gasteiger partial charge on any atom is -0.495 e. The smallest absolute Gasteiger partial charge is 0.257 e. The highest BCUT2D eigenvalue weighted by Gasteiger charge is 2.23. The van der Waals surface area contributed by atoms with E-state index in [0.717, 1.165) is 30.2 Å². The first-order chi connectivity index (χ1) is 16.0. The Balaban J connectivity index is 1.25. The molecule has 1 N–H and O–H groups in total. The van der Waals surface area contributed by atoms with Crippen LogP contribution in [0.5, 0.6) is 5.75 Å². The third-order valence-electron chi connectivity index (χ3n) is 5.53. The minimum absolute atomic E-state index is 0.0968. The van der Waals surface area contributed by atoms with Crippen LogP contribution < -0.4 is 15.0 Å². The third-order valence-corrected chi connectivity index (χ3v) is 6.34.